The molecule has 2 aromatic rings. The van der Waals surface area contributed by atoms with Gasteiger partial charge in [-0.3, -0.25) is 4.79 Å². The van der Waals surface area contributed by atoms with E-state index in [2.05, 4.69) is 17.1 Å². The minimum absolute atomic E-state index is 0.0252. The SMILES string of the molecule is COc1cc(C(=O)N2CCC(Cc3ccc(OC)c(OC4CCCC4)c3)CC2)cc(Cl)n1. The zero-order valence-electron chi connectivity index (χ0n) is 18.8. The molecule has 0 radical (unpaired) electrons. The van der Waals surface area contributed by atoms with Crippen LogP contribution in [0.3, 0.4) is 0 Å². The van der Waals surface area contributed by atoms with Crippen molar-refractivity contribution in [1.29, 1.82) is 0 Å². The number of likely N-dealkylation sites (tertiary alicyclic amines) is 1. The minimum atomic E-state index is -0.0252. The van der Waals surface area contributed by atoms with Gasteiger partial charge >= 0.3 is 0 Å². The van der Waals surface area contributed by atoms with Crippen molar-refractivity contribution in [3.05, 3.63) is 46.6 Å². The highest BCUT2D eigenvalue weighted by molar-refractivity contribution is 6.29. The first kappa shape index (κ1) is 22.7. The van der Waals surface area contributed by atoms with Crippen LogP contribution in [0.15, 0.2) is 30.3 Å². The predicted octanol–water partition coefficient (Wildman–Crippen LogP) is 5.17. The number of aromatic nitrogens is 1. The van der Waals surface area contributed by atoms with Crippen LogP contribution >= 0.6 is 11.6 Å². The van der Waals surface area contributed by atoms with Crippen LogP contribution in [0.25, 0.3) is 0 Å². The summed E-state index contributed by atoms with van der Waals surface area (Å²) in [6.07, 6.45) is 7.92. The van der Waals surface area contributed by atoms with Gasteiger partial charge in [0.1, 0.15) is 5.15 Å². The van der Waals surface area contributed by atoms with Crippen molar-refractivity contribution in [2.45, 2.75) is 51.0 Å². The number of nitrogens with zero attached hydrogens (tertiary/aromatic N) is 2. The van der Waals surface area contributed by atoms with Crippen molar-refractivity contribution in [3.8, 4) is 17.4 Å². The number of rotatable bonds is 7. The van der Waals surface area contributed by atoms with Crippen LogP contribution in [-0.4, -0.2) is 49.2 Å². The minimum Gasteiger partial charge on any atom is -0.493 e. The Labute approximate surface area is 194 Å². The topological polar surface area (TPSA) is 60.9 Å². The molecule has 2 aliphatic rings. The summed E-state index contributed by atoms with van der Waals surface area (Å²) in [5, 5.41) is 0.262. The first-order valence-electron chi connectivity index (χ1n) is 11.4. The monoisotopic (exact) mass is 458 g/mol. The molecule has 1 saturated carbocycles. The molecule has 1 aliphatic carbocycles. The van der Waals surface area contributed by atoms with E-state index in [0.29, 0.717) is 23.5 Å². The third-order valence-corrected chi connectivity index (χ3v) is 6.67. The highest BCUT2D eigenvalue weighted by atomic mass is 35.5. The fourth-order valence-corrected chi connectivity index (χ4v) is 4.88. The molecule has 6 nitrogen and oxygen atoms in total. The first-order chi connectivity index (χ1) is 15.6. The van der Waals surface area contributed by atoms with Gasteiger partial charge in [-0.2, -0.15) is 0 Å². The van der Waals surface area contributed by atoms with Crippen molar-refractivity contribution in [2.75, 3.05) is 27.3 Å². The molecule has 0 spiro atoms. The molecule has 0 bridgehead atoms. The molecule has 1 aliphatic heterocycles. The summed E-state index contributed by atoms with van der Waals surface area (Å²) in [5.74, 6) is 2.51. The Morgan fingerprint density at radius 3 is 2.47 bits per heavy atom. The molecule has 1 amide bonds. The second-order valence-electron chi connectivity index (χ2n) is 8.67. The number of amides is 1. The van der Waals surface area contributed by atoms with E-state index in [9.17, 15) is 4.79 Å². The highest BCUT2D eigenvalue weighted by Gasteiger charge is 2.25. The number of halogens is 1. The number of pyridine rings is 1. The maximum atomic E-state index is 12.9. The Bertz CT molecular complexity index is 938. The molecule has 7 heteroatoms. The number of hydrogen-bond donors (Lipinski definition) is 0. The molecule has 2 heterocycles. The van der Waals surface area contributed by atoms with Gasteiger partial charge in [-0.1, -0.05) is 17.7 Å². The number of methoxy groups -OCH3 is 2. The van der Waals surface area contributed by atoms with E-state index in [-0.39, 0.29) is 11.1 Å². The normalized spacial score (nSPS) is 17.4. The molecule has 1 aromatic carbocycles. The van der Waals surface area contributed by atoms with Gasteiger partial charge in [0.25, 0.3) is 5.91 Å². The summed E-state index contributed by atoms with van der Waals surface area (Å²) in [5.41, 5.74) is 1.78. The lowest BCUT2D eigenvalue weighted by atomic mass is 9.90. The van der Waals surface area contributed by atoms with Crippen LogP contribution in [0.1, 0.15) is 54.4 Å². The lowest BCUT2D eigenvalue weighted by Crippen LogP contribution is -2.39. The zero-order chi connectivity index (χ0) is 22.5. The van der Waals surface area contributed by atoms with Crippen LogP contribution in [0.5, 0.6) is 17.4 Å². The first-order valence-corrected chi connectivity index (χ1v) is 11.8. The van der Waals surface area contributed by atoms with Crippen LogP contribution < -0.4 is 14.2 Å². The lowest BCUT2D eigenvalue weighted by molar-refractivity contribution is 0.0690. The Kier molecular flexibility index (Phi) is 7.40. The average molecular weight is 459 g/mol. The third-order valence-electron chi connectivity index (χ3n) is 6.48. The van der Waals surface area contributed by atoms with Crippen LogP contribution in [0.2, 0.25) is 5.15 Å². The Morgan fingerprint density at radius 1 is 1.03 bits per heavy atom. The van der Waals surface area contributed by atoms with Crippen LogP contribution in [0, 0.1) is 5.92 Å². The fraction of sp³-hybridized carbons (Fsp3) is 0.520. The van der Waals surface area contributed by atoms with Gasteiger partial charge in [-0.15, -0.1) is 0 Å². The second-order valence-corrected chi connectivity index (χ2v) is 9.06. The van der Waals surface area contributed by atoms with Gasteiger partial charge in [0.05, 0.1) is 20.3 Å². The van der Waals surface area contributed by atoms with E-state index >= 15 is 0 Å². The summed E-state index contributed by atoms with van der Waals surface area (Å²) >= 11 is 6.03. The van der Waals surface area contributed by atoms with Crippen molar-refractivity contribution in [3.63, 3.8) is 0 Å². The quantitative estimate of drug-likeness (QED) is 0.536. The smallest absolute Gasteiger partial charge is 0.254 e. The standard InChI is InChI=1S/C25H31ClN2O4/c1-30-21-8-7-18(14-22(21)32-20-5-3-4-6-20)13-17-9-11-28(12-10-17)25(29)19-15-23(26)27-24(16-19)31-2/h7-8,14-17,20H,3-6,9-13H2,1-2H3. The number of hydrogen-bond acceptors (Lipinski definition) is 5. The second kappa shape index (κ2) is 10.4. The molecule has 0 unspecified atom stereocenters. The summed E-state index contributed by atoms with van der Waals surface area (Å²) < 4.78 is 16.9. The molecule has 0 N–H and O–H groups in total. The molecular weight excluding hydrogens is 428 g/mol. The average Bonchev–Trinajstić information content (AvgIpc) is 3.32. The molecule has 1 aromatic heterocycles. The fourth-order valence-electron chi connectivity index (χ4n) is 4.68. The summed E-state index contributed by atoms with van der Waals surface area (Å²) in [6.45, 7) is 1.46. The zero-order valence-corrected chi connectivity index (χ0v) is 19.6. The van der Waals surface area contributed by atoms with Gasteiger partial charge in [-0.05, 0) is 74.6 Å². The van der Waals surface area contributed by atoms with Gasteiger partial charge in [0.15, 0.2) is 11.5 Å². The van der Waals surface area contributed by atoms with E-state index in [1.165, 1.54) is 25.5 Å². The van der Waals surface area contributed by atoms with Gasteiger partial charge in [-0.25, -0.2) is 4.98 Å². The van der Waals surface area contributed by atoms with E-state index < -0.39 is 0 Å². The van der Waals surface area contributed by atoms with Gasteiger partial charge < -0.3 is 19.1 Å². The highest BCUT2D eigenvalue weighted by Crippen LogP contribution is 2.34. The molecule has 172 valence electrons. The number of ether oxygens (including phenoxy) is 3. The molecule has 0 atom stereocenters. The van der Waals surface area contributed by atoms with Crippen molar-refractivity contribution in [1.82, 2.24) is 9.88 Å². The molecular formula is C25H31ClN2O4. The van der Waals surface area contributed by atoms with E-state index in [0.717, 1.165) is 56.7 Å². The van der Waals surface area contributed by atoms with Crippen molar-refractivity contribution in [2.24, 2.45) is 5.92 Å². The number of carbonyl (C=O) groups excluding carboxylic acids is 1. The molecule has 4 rings (SSSR count). The maximum absolute atomic E-state index is 12.9. The lowest BCUT2D eigenvalue weighted by Gasteiger charge is -2.32. The molecule has 1 saturated heterocycles. The van der Waals surface area contributed by atoms with Gasteiger partial charge in [0.2, 0.25) is 5.88 Å². The van der Waals surface area contributed by atoms with E-state index in [1.807, 2.05) is 11.0 Å². The van der Waals surface area contributed by atoms with E-state index in [4.69, 9.17) is 25.8 Å². The van der Waals surface area contributed by atoms with Crippen LogP contribution in [0.4, 0.5) is 0 Å². The largest absolute Gasteiger partial charge is 0.493 e. The maximum Gasteiger partial charge on any atom is 0.254 e. The predicted molar refractivity (Wildman–Crippen MR) is 124 cm³/mol. The summed E-state index contributed by atoms with van der Waals surface area (Å²) in [6, 6.07) is 9.52. The third kappa shape index (κ3) is 5.47. The number of carbonyl (C=O) groups is 1. The summed E-state index contributed by atoms with van der Waals surface area (Å²) in [7, 11) is 3.20. The Morgan fingerprint density at radius 2 is 1.78 bits per heavy atom. The van der Waals surface area contributed by atoms with Gasteiger partial charge in [0, 0.05) is 24.7 Å². The van der Waals surface area contributed by atoms with Crippen LogP contribution in [-0.2, 0) is 6.42 Å². The van der Waals surface area contributed by atoms with E-state index in [1.54, 1.807) is 19.2 Å². The Hall–Kier alpha value is -2.47. The molecule has 2 fully saturated rings. The summed E-state index contributed by atoms with van der Waals surface area (Å²) in [4.78, 5) is 18.9. The van der Waals surface area contributed by atoms with Crippen molar-refractivity contribution >= 4 is 17.5 Å². The number of benzene rings is 1. The number of piperidine rings is 1. The molecule has 32 heavy (non-hydrogen) atoms. The van der Waals surface area contributed by atoms with Crippen molar-refractivity contribution < 1.29 is 19.0 Å². The Balaban J connectivity index is 1.35.